The summed E-state index contributed by atoms with van der Waals surface area (Å²) in [4.78, 5) is 9.03. The van der Waals surface area contributed by atoms with Crippen molar-refractivity contribution in [2.45, 2.75) is 0 Å². The third kappa shape index (κ3) is 2.47. The fraction of sp³-hybridized carbons (Fsp3) is 0. The van der Waals surface area contributed by atoms with Gasteiger partial charge in [0.25, 0.3) is 0 Å². The topological polar surface area (TPSA) is 30.7 Å². The van der Waals surface area contributed by atoms with Gasteiger partial charge in [0.05, 0.1) is 16.6 Å². The van der Waals surface area contributed by atoms with Crippen LogP contribution in [0.25, 0.3) is 58.9 Å². The molecule has 4 aromatic heterocycles. The highest BCUT2D eigenvalue weighted by atomic mass is 32.1. The zero-order valence-corrected chi connectivity index (χ0v) is 17.9. The molecule has 4 heterocycles. The first-order valence-corrected chi connectivity index (χ1v) is 11.4. The molecule has 0 aliphatic heterocycles. The van der Waals surface area contributed by atoms with Crippen molar-refractivity contribution >= 4 is 53.4 Å². The number of pyridine rings is 2. The first-order chi connectivity index (χ1) is 15.9. The van der Waals surface area contributed by atoms with E-state index in [1.165, 1.54) is 31.1 Å². The van der Waals surface area contributed by atoms with Gasteiger partial charge in [0.1, 0.15) is 0 Å². The fourth-order valence-corrected chi connectivity index (χ4v) is 5.84. The molecule has 0 aliphatic carbocycles. The van der Waals surface area contributed by atoms with Crippen molar-refractivity contribution < 1.29 is 0 Å². The Morgan fingerprint density at radius 1 is 0.656 bits per heavy atom. The maximum Gasteiger partial charge on any atom is 0.0963 e. The Morgan fingerprint density at radius 3 is 2.41 bits per heavy atom. The van der Waals surface area contributed by atoms with E-state index in [1.54, 1.807) is 6.20 Å². The quantitative estimate of drug-likeness (QED) is 0.284. The molecule has 150 valence electrons. The Labute approximate surface area is 188 Å². The van der Waals surface area contributed by atoms with E-state index in [-0.39, 0.29) is 0 Å². The molecule has 3 aromatic carbocycles. The number of nitrogens with zero attached hydrogens (tertiary/aromatic N) is 3. The summed E-state index contributed by atoms with van der Waals surface area (Å²) < 4.78 is 4.98. The summed E-state index contributed by atoms with van der Waals surface area (Å²) >= 11 is 1.85. The molecule has 0 atom stereocenters. The van der Waals surface area contributed by atoms with Gasteiger partial charge >= 0.3 is 0 Å². The average Bonchev–Trinajstić information content (AvgIpc) is 3.40. The molecule has 0 bridgehead atoms. The van der Waals surface area contributed by atoms with Crippen LogP contribution in [-0.2, 0) is 0 Å². The van der Waals surface area contributed by atoms with Gasteiger partial charge in [-0.15, -0.1) is 11.3 Å². The number of hydrogen-bond acceptors (Lipinski definition) is 3. The number of thiophene rings is 1. The van der Waals surface area contributed by atoms with Gasteiger partial charge in [0.15, 0.2) is 0 Å². The van der Waals surface area contributed by atoms with Crippen molar-refractivity contribution in [2.24, 2.45) is 0 Å². The van der Waals surface area contributed by atoms with Crippen LogP contribution in [0, 0.1) is 0 Å². The fourth-order valence-electron chi connectivity index (χ4n) is 4.73. The van der Waals surface area contributed by atoms with Crippen LogP contribution in [0.5, 0.6) is 0 Å². The molecule has 0 saturated carbocycles. The Kier molecular flexibility index (Phi) is 3.72. The van der Waals surface area contributed by atoms with E-state index in [0.29, 0.717) is 0 Å². The third-order valence-electron chi connectivity index (χ3n) is 6.14. The van der Waals surface area contributed by atoms with Crippen LogP contribution >= 0.6 is 11.3 Å². The lowest BCUT2D eigenvalue weighted by molar-refractivity contribution is 1.18. The van der Waals surface area contributed by atoms with Gasteiger partial charge in [-0.2, -0.15) is 0 Å². The third-order valence-corrected chi connectivity index (χ3v) is 7.28. The molecule has 0 amide bonds. The molecule has 3 nitrogen and oxygen atoms in total. The van der Waals surface area contributed by atoms with Gasteiger partial charge in [-0.1, -0.05) is 36.4 Å². The van der Waals surface area contributed by atoms with Crippen LogP contribution < -0.4 is 0 Å². The summed E-state index contributed by atoms with van der Waals surface area (Å²) in [6.45, 7) is 0. The molecule has 0 unspecified atom stereocenters. The van der Waals surface area contributed by atoms with Gasteiger partial charge < -0.3 is 4.57 Å². The minimum Gasteiger partial charge on any atom is -0.307 e. The van der Waals surface area contributed by atoms with Crippen molar-refractivity contribution in [1.82, 2.24) is 14.5 Å². The standard InChI is InChI=1S/C28H17N3S/c1-2-8-24-21(6-1)26-25(32-24)14-13-22-27-23(7-4-16-30-27)31(28(22)26)20-11-9-18(10-12-20)19-5-3-15-29-17-19/h1-17H. The van der Waals surface area contributed by atoms with Gasteiger partial charge in [0.2, 0.25) is 0 Å². The number of benzene rings is 3. The number of aromatic nitrogens is 3. The van der Waals surface area contributed by atoms with E-state index in [2.05, 4.69) is 82.3 Å². The molecular weight excluding hydrogens is 410 g/mol. The predicted octanol–water partition coefficient (Wildman–Crippen LogP) is 7.61. The first kappa shape index (κ1) is 17.6. The van der Waals surface area contributed by atoms with Gasteiger partial charge in [-0.25, -0.2) is 0 Å². The van der Waals surface area contributed by atoms with Crippen LogP contribution in [0.4, 0.5) is 0 Å². The second-order valence-electron chi connectivity index (χ2n) is 7.93. The molecule has 32 heavy (non-hydrogen) atoms. The van der Waals surface area contributed by atoms with Gasteiger partial charge in [0, 0.05) is 49.8 Å². The average molecular weight is 428 g/mol. The highest BCUT2D eigenvalue weighted by Crippen LogP contribution is 2.42. The first-order valence-electron chi connectivity index (χ1n) is 10.6. The number of fused-ring (bicyclic) bond motifs is 7. The highest BCUT2D eigenvalue weighted by Gasteiger charge is 2.18. The Bertz CT molecular complexity index is 1760. The summed E-state index contributed by atoms with van der Waals surface area (Å²) in [6, 6.07) is 30.1. The summed E-state index contributed by atoms with van der Waals surface area (Å²) in [6.07, 6.45) is 5.59. The lowest BCUT2D eigenvalue weighted by atomic mass is 10.1. The molecule has 0 radical (unpaired) electrons. The van der Waals surface area contributed by atoms with Crippen molar-refractivity contribution in [1.29, 1.82) is 0 Å². The zero-order chi connectivity index (χ0) is 21.1. The zero-order valence-electron chi connectivity index (χ0n) is 17.1. The molecule has 0 fully saturated rings. The maximum absolute atomic E-state index is 4.77. The molecule has 7 rings (SSSR count). The minimum absolute atomic E-state index is 1.04. The molecule has 0 spiro atoms. The minimum atomic E-state index is 1.04. The SMILES string of the molecule is c1cncc(-c2ccc(-n3c4cccnc4c4ccc5sc6ccccc6c5c43)cc2)c1. The Balaban J connectivity index is 1.59. The van der Waals surface area contributed by atoms with Crippen molar-refractivity contribution in [3.8, 4) is 16.8 Å². The molecule has 0 aliphatic rings. The summed E-state index contributed by atoms with van der Waals surface area (Å²) in [5.41, 5.74) is 6.80. The maximum atomic E-state index is 4.77. The summed E-state index contributed by atoms with van der Waals surface area (Å²) in [7, 11) is 0. The Morgan fingerprint density at radius 2 is 1.53 bits per heavy atom. The van der Waals surface area contributed by atoms with Crippen LogP contribution in [0.15, 0.2) is 104 Å². The van der Waals surface area contributed by atoms with Crippen molar-refractivity contribution in [2.75, 3.05) is 0 Å². The second kappa shape index (κ2) is 6.74. The van der Waals surface area contributed by atoms with Crippen LogP contribution in [-0.4, -0.2) is 14.5 Å². The van der Waals surface area contributed by atoms with Crippen LogP contribution in [0.2, 0.25) is 0 Å². The van der Waals surface area contributed by atoms with Gasteiger partial charge in [-0.05, 0) is 59.7 Å². The smallest absolute Gasteiger partial charge is 0.0963 e. The summed E-state index contributed by atoms with van der Waals surface area (Å²) in [5.74, 6) is 0. The second-order valence-corrected chi connectivity index (χ2v) is 9.01. The monoisotopic (exact) mass is 427 g/mol. The van der Waals surface area contributed by atoms with Gasteiger partial charge in [-0.3, -0.25) is 9.97 Å². The van der Waals surface area contributed by atoms with E-state index in [1.807, 2.05) is 35.9 Å². The predicted molar refractivity (Wildman–Crippen MR) is 135 cm³/mol. The molecule has 7 aromatic rings. The number of rotatable bonds is 2. The lowest BCUT2D eigenvalue weighted by Crippen LogP contribution is -1.94. The van der Waals surface area contributed by atoms with E-state index >= 15 is 0 Å². The molecular formula is C28H17N3S. The van der Waals surface area contributed by atoms with Crippen LogP contribution in [0.3, 0.4) is 0 Å². The Hall–Kier alpha value is -4.02. The van der Waals surface area contributed by atoms with Crippen molar-refractivity contribution in [3.63, 3.8) is 0 Å². The highest BCUT2D eigenvalue weighted by molar-refractivity contribution is 7.26. The van der Waals surface area contributed by atoms with Crippen molar-refractivity contribution in [3.05, 3.63) is 104 Å². The molecule has 0 N–H and O–H groups in total. The van der Waals surface area contributed by atoms with E-state index in [0.717, 1.165) is 27.8 Å². The lowest BCUT2D eigenvalue weighted by Gasteiger charge is -2.10. The van der Waals surface area contributed by atoms with Crippen LogP contribution in [0.1, 0.15) is 0 Å². The molecule has 0 saturated heterocycles. The normalized spacial score (nSPS) is 11.8. The van der Waals surface area contributed by atoms with E-state index < -0.39 is 0 Å². The molecule has 4 heteroatoms. The van der Waals surface area contributed by atoms with E-state index in [9.17, 15) is 0 Å². The number of hydrogen-bond donors (Lipinski definition) is 0. The largest absolute Gasteiger partial charge is 0.307 e. The summed E-state index contributed by atoms with van der Waals surface area (Å²) in [5, 5.41) is 3.79. The van der Waals surface area contributed by atoms with E-state index in [4.69, 9.17) is 4.98 Å².